The summed E-state index contributed by atoms with van der Waals surface area (Å²) in [5.74, 6) is 0.711. The Morgan fingerprint density at radius 3 is 2.41 bits per heavy atom. The molecule has 2 aromatic rings. The topological polar surface area (TPSA) is 6.25 Å². The number of halogens is 1. The summed E-state index contributed by atoms with van der Waals surface area (Å²) in [4.78, 5) is 2.22. The molecule has 0 spiro atoms. The van der Waals surface area contributed by atoms with Crippen molar-refractivity contribution in [3.63, 3.8) is 0 Å². The molecule has 1 atom stereocenters. The second kappa shape index (κ2) is 8.88. The number of anilines is 1. The van der Waals surface area contributed by atoms with Gasteiger partial charge in [-0.25, -0.2) is 4.58 Å². The monoisotopic (exact) mass is 461 g/mol. The molecule has 2 nitrogen and oxygen atoms in total. The maximum absolute atomic E-state index is 6.25. The van der Waals surface area contributed by atoms with Crippen LogP contribution in [0.4, 0.5) is 5.69 Å². The SMILES string of the molecule is Cc1ccccc1C1=C2C=CC(=[N+](C)C)C=C2[Si](C)(CCCCl)c2cc(N(C)C)ccc21. The number of rotatable bonds is 5. The number of hydrogen-bond donors (Lipinski definition) is 0. The molecule has 2 aromatic carbocycles. The van der Waals surface area contributed by atoms with Gasteiger partial charge >= 0.3 is 0 Å². The summed E-state index contributed by atoms with van der Waals surface area (Å²) >= 11 is 6.25. The highest BCUT2D eigenvalue weighted by Crippen LogP contribution is 2.44. The van der Waals surface area contributed by atoms with Gasteiger partial charge in [-0.05, 0) is 75.8 Å². The first-order valence-electron chi connectivity index (χ1n) is 11.4. The lowest BCUT2D eigenvalue weighted by molar-refractivity contribution is -0.462. The van der Waals surface area contributed by atoms with Crippen molar-refractivity contribution in [3.8, 4) is 0 Å². The predicted molar refractivity (Wildman–Crippen MR) is 144 cm³/mol. The molecule has 4 heteroatoms. The minimum atomic E-state index is -2.00. The standard InChI is InChI=1S/C28H34ClN2Si/c1-20-10-7-8-11-23(20)28-24-14-12-21(30(2)3)18-26(24)32(6,17-9-16-29)27-19-22(31(4)5)13-15-25(27)28/h7-8,10-15,18-19H,9,16-17H2,1-6H3/q+1. The van der Waals surface area contributed by atoms with E-state index in [0.717, 1.165) is 12.5 Å². The zero-order valence-electron chi connectivity index (χ0n) is 20.2. The highest BCUT2D eigenvalue weighted by atomic mass is 35.5. The van der Waals surface area contributed by atoms with Gasteiger partial charge in [-0.2, -0.15) is 0 Å². The average Bonchev–Trinajstić information content (AvgIpc) is 2.78. The van der Waals surface area contributed by atoms with Crippen LogP contribution in [0.3, 0.4) is 0 Å². The smallest absolute Gasteiger partial charge is 0.199 e. The van der Waals surface area contributed by atoms with Crippen LogP contribution < -0.4 is 10.1 Å². The lowest BCUT2D eigenvalue weighted by Crippen LogP contribution is -2.52. The van der Waals surface area contributed by atoms with Crippen LogP contribution in [-0.2, 0) is 0 Å². The molecule has 1 unspecified atom stereocenters. The number of nitrogens with zero attached hydrogens (tertiary/aromatic N) is 2. The van der Waals surface area contributed by atoms with Gasteiger partial charge in [0.1, 0.15) is 22.2 Å². The quantitative estimate of drug-likeness (QED) is 0.322. The van der Waals surface area contributed by atoms with Gasteiger partial charge in [-0.15, -0.1) is 11.6 Å². The van der Waals surface area contributed by atoms with E-state index in [-0.39, 0.29) is 0 Å². The molecule has 2 aliphatic rings. The molecule has 0 amide bonds. The molecule has 32 heavy (non-hydrogen) atoms. The Morgan fingerprint density at radius 1 is 1.00 bits per heavy atom. The van der Waals surface area contributed by atoms with Gasteiger partial charge in [0.25, 0.3) is 0 Å². The van der Waals surface area contributed by atoms with Crippen molar-refractivity contribution in [2.75, 3.05) is 39.0 Å². The first kappa shape index (κ1) is 22.8. The van der Waals surface area contributed by atoms with Crippen LogP contribution in [0.5, 0.6) is 0 Å². The summed E-state index contributed by atoms with van der Waals surface area (Å²) in [7, 11) is 6.52. The number of alkyl halides is 1. The van der Waals surface area contributed by atoms with E-state index >= 15 is 0 Å². The van der Waals surface area contributed by atoms with E-state index in [1.807, 2.05) is 0 Å². The third-order valence-corrected chi connectivity index (χ3v) is 11.8. The first-order chi connectivity index (χ1) is 15.3. The third kappa shape index (κ3) is 3.82. The van der Waals surface area contributed by atoms with Gasteiger partial charge in [0.2, 0.25) is 0 Å². The zero-order chi connectivity index (χ0) is 23.0. The second-order valence-electron chi connectivity index (χ2n) is 9.56. The van der Waals surface area contributed by atoms with Crippen molar-refractivity contribution in [2.45, 2.75) is 25.9 Å². The van der Waals surface area contributed by atoms with Crippen LogP contribution in [-0.4, -0.2) is 52.4 Å². The van der Waals surface area contributed by atoms with E-state index in [1.54, 1.807) is 0 Å². The number of hydrogen-bond acceptors (Lipinski definition) is 1. The Balaban J connectivity index is 2.11. The lowest BCUT2D eigenvalue weighted by atomic mass is 9.87. The van der Waals surface area contributed by atoms with Crippen LogP contribution >= 0.6 is 11.6 Å². The third-order valence-electron chi connectivity index (χ3n) is 6.99. The van der Waals surface area contributed by atoms with Crippen molar-refractivity contribution in [1.29, 1.82) is 0 Å². The molecule has 0 aromatic heterocycles. The fourth-order valence-corrected chi connectivity index (χ4v) is 9.70. The van der Waals surface area contributed by atoms with Crippen LogP contribution in [0.25, 0.3) is 5.57 Å². The molecular weight excluding hydrogens is 428 g/mol. The van der Waals surface area contributed by atoms with Crippen molar-refractivity contribution >= 4 is 41.8 Å². The highest BCUT2D eigenvalue weighted by Gasteiger charge is 2.43. The summed E-state index contributed by atoms with van der Waals surface area (Å²) in [5.41, 5.74) is 9.36. The number of fused-ring (bicyclic) bond motifs is 2. The summed E-state index contributed by atoms with van der Waals surface area (Å²) < 4.78 is 2.22. The molecule has 0 saturated carbocycles. The summed E-state index contributed by atoms with van der Waals surface area (Å²) in [5, 5.41) is 3.07. The zero-order valence-corrected chi connectivity index (χ0v) is 21.9. The Labute approximate surface area is 199 Å². The van der Waals surface area contributed by atoms with Gasteiger partial charge in [0, 0.05) is 37.8 Å². The summed E-state index contributed by atoms with van der Waals surface area (Å²) in [6.07, 6.45) is 8.13. The van der Waals surface area contributed by atoms with Crippen molar-refractivity contribution in [3.05, 3.63) is 88.2 Å². The molecule has 0 fully saturated rings. The van der Waals surface area contributed by atoms with E-state index in [1.165, 1.54) is 49.6 Å². The van der Waals surface area contributed by atoms with Crippen molar-refractivity contribution in [2.24, 2.45) is 0 Å². The molecule has 0 radical (unpaired) electrons. The minimum absolute atomic E-state index is 0.711. The second-order valence-corrected chi connectivity index (χ2v) is 14.2. The maximum Gasteiger partial charge on any atom is 0.199 e. The van der Waals surface area contributed by atoms with Gasteiger partial charge in [0.05, 0.1) is 0 Å². The molecule has 166 valence electrons. The van der Waals surface area contributed by atoms with Gasteiger partial charge in [0.15, 0.2) is 5.71 Å². The molecule has 4 rings (SSSR count). The van der Waals surface area contributed by atoms with Gasteiger partial charge in [-0.1, -0.05) is 36.9 Å². The molecule has 0 N–H and O–H groups in total. The molecular formula is C28H34ClN2Si+. The Morgan fingerprint density at radius 2 is 1.75 bits per heavy atom. The van der Waals surface area contributed by atoms with Crippen LogP contribution in [0, 0.1) is 6.92 Å². The van der Waals surface area contributed by atoms with Crippen LogP contribution in [0.2, 0.25) is 12.6 Å². The van der Waals surface area contributed by atoms with E-state index in [4.69, 9.17) is 11.6 Å². The van der Waals surface area contributed by atoms with Crippen LogP contribution in [0.1, 0.15) is 23.1 Å². The van der Waals surface area contributed by atoms with E-state index in [9.17, 15) is 0 Å². The minimum Gasteiger partial charge on any atom is -0.378 e. The summed E-state index contributed by atoms with van der Waals surface area (Å²) in [6.45, 7) is 4.77. The number of allylic oxidation sites excluding steroid dienone is 5. The fourth-order valence-electron chi connectivity index (χ4n) is 5.09. The van der Waals surface area contributed by atoms with E-state index in [0.29, 0.717) is 5.88 Å². The lowest BCUT2D eigenvalue weighted by Gasteiger charge is -2.40. The predicted octanol–water partition coefficient (Wildman–Crippen LogP) is 5.54. The van der Waals surface area contributed by atoms with Gasteiger partial charge < -0.3 is 4.90 Å². The first-order valence-corrected chi connectivity index (χ1v) is 14.7. The maximum atomic E-state index is 6.25. The van der Waals surface area contributed by atoms with E-state index in [2.05, 4.69) is 112 Å². The largest absolute Gasteiger partial charge is 0.378 e. The number of benzene rings is 2. The summed E-state index contributed by atoms with van der Waals surface area (Å²) in [6, 6.07) is 17.0. The molecule has 0 bridgehead atoms. The number of aryl methyl sites for hydroxylation is 1. The Hall–Kier alpha value is -2.36. The highest BCUT2D eigenvalue weighted by molar-refractivity contribution is 6.99. The normalized spacial score (nSPS) is 19.5. The molecule has 1 aliphatic carbocycles. The molecule has 1 aliphatic heterocycles. The molecule has 1 heterocycles. The Bertz CT molecular complexity index is 1180. The van der Waals surface area contributed by atoms with E-state index < -0.39 is 8.07 Å². The van der Waals surface area contributed by atoms with Crippen LogP contribution in [0.15, 0.2) is 71.5 Å². The van der Waals surface area contributed by atoms with Crippen molar-refractivity contribution < 1.29 is 4.58 Å². The van der Waals surface area contributed by atoms with Gasteiger partial charge in [-0.3, -0.25) is 0 Å². The van der Waals surface area contributed by atoms with Crippen molar-refractivity contribution in [1.82, 2.24) is 0 Å². The fraction of sp³-hybridized carbons (Fsp3) is 0.321. The Kier molecular flexibility index (Phi) is 6.33. The average molecular weight is 462 g/mol. The molecule has 0 saturated heterocycles.